The van der Waals surface area contributed by atoms with E-state index in [1.165, 1.54) is 21.0 Å². The first kappa shape index (κ1) is 13.8. The van der Waals surface area contributed by atoms with Crippen LogP contribution in [0.3, 0.4) is 0 Å². The van der Waals surface area contributed by atoms with Crippen LogP contribution < -0.4 is 0 Å². The van der Waals surface area contributed by atoms with Gasteiger partial charge in [0.1, 0.15) is 0 Å². The number of carbonyl (C=O) groups excluding carboxylic acids is 2. The Morgan fingerprint density at radius 3 is 2.07 bits per heavy atom. The van der Waals surface area contributed by atoms with Crippen molar-refractivity contribution in [3.8, 4) is 0 Å². The lowest BCUT2D eigenvalue weighted by Gasteiger charge is -2.17. The Morgan fingerprint density at radius 2 is 1.67 bits per heavy atom. The van der Waals surface area contributed by atoms with Crippen LogP contribution in [0.4, 0.5) is 0 Å². The maximum Gasteiger partial charge on any atom is 0.357 e. The number of hydrogen-bond donors (Lipinski definition) is 2. The first-order chi connectivity index (χ1) is 6.90. The number of hydroxylamine groups is 2. The molecule has 0 fully saturated rings. The van der Waals surface area contributed by atoms with E-state index in [-0.39, 0.29) is 6.61 Å². The van der Waals surface area contributed by atoms with E-state index in [1.807, 2.05) is 0 Å². The molecule has 0 aliphatic heterocycles. The molecule has 0 rings (SSSR count). The minimum Gasteiger partial charge on any atom is -0.464 e. The first-order valence-electron chi connectivity index (χ1n) is 4.32. The second-order valence-electron chi connectivity index (χ2n) is 2.86. The van der Waals surface area contributed by atoms with Crippen molar-refractivity contribution in [2.75, 3.05) is 20.7 Å². The highest BCUT2D eigenvalue weighted by Gasteiger charge is 2.33. The normalized spacial score (nSPS) is 14.5. The maximum atomic E-state index is 11.0. The fraction of sp³-hybridized carbons (Fsp3) is 0.750. The van der Waals surface area contributed by atoms with E-state index in [0.717, 1.165) is 5.06 Å². The van der Waals surface area contributed by atoms with Crippen LogP contribution in [0.15, 0.2) is 0 Å². The highest BCUT2D eigenvalue weighted by molar-refractivity contribution is 5.85. The van der Waals surface area contributed by atoms with Crippen LogP contribution in [0.2, 0.25) is 0 Å². The summed E-state index contributed by atoms with van der Waals surface area (Å²) in [5, 5.41) is 19.4. The summed E-state index contributed by atoms with van der Waals surface area (Å²) in [6.07, 6.45) is -3.89. The molecule has 0 aliphatic carbocycles. The number of nitrogens with zero attached hydrogens (tertiary/aromatic N) is 1. The van der Waals surface area contributed by atoms with E-state index >= 15 is 0 Å². The van der Waals surface area contributed by atoms with Crippen molar-refractivity contribution in [2.45, 2.75) is 19.1 Å². The van der Waals surface area contributed by atoms with Crippen molar-refractivity contribution in [1.82, 2.24) is 5.06 Å². The molecule has 0 aromatic rings. The van der Waals surface area contributed by atoms with Gasteiger partial charge in [0.25, 0.3) is 0 Å². The largest absolute Gasteiger partial charge is 0.464 e. The molecule has 0 amide bonds. The van der Waals surface area contributed by atoms with Crippen LogP contribution in [0.25, 0.3) is 0 Å². The van der Waals surface area contributed by atoms with Crippen molar-refractivity contribution >= 4 is 11.9 Å². The molecular weight excluding hydrogens is 206 g/mol. The predicted molar refractivity (Wildman–Crippen MR) is 48.4 cm³/mol. The quantitative estimate of drug-likeness (QED) is 0.421. The van der Waals surface area contributed by atoms with E-state index < -0.39 is 24.1 Å². The Hall–Kier alpha value is -1.18. The van der Waals surface area contributed by atoms with E-state index in [0.29, 0.717) is 0 Å². The molecule has 0 saturated heterocycles. The molecule has 7 heteroatoms. The van der Waals surface area contributed by atoms with Crippen molar-refractivity contribution in [3.63, 3.8) is 0 Å². The van der Waals surface area contributed by atoms with Crippen LogP contribution in [-0.4, -0.2) is 60.1 Å². The van der Waals surface area contributed by atoms with E-state index in [9.17, 15) is 14.7 Å². The van der Waals surface area contributed by atoms with Gasteiger partial charge in [0.15, 0.2) is 12.2 Å². The first-order valence-corrected chi connectivity index (χ1v) is 4.32. The van der Waals surface area contributed by atoms with Gasteiger partial charge in [-0.3, -0.25) is 0 Å². The molecule has 2 N–H and O–H groups in total. The lowest BCUT2D eigenvalue weighted by Crippen LogP contribution is -2.43. The third-order valence-electron chi connectivity index (χ3n) is 1.34. The van der Waals surface area contributed by atoms with Crippen molar-refractivity contribution < 1.29 is 29.4 Å². The summed E-state index contributed by atoms with van der Waals surface area (Å²) in [7, 11) is 2.84. The van der Waals surface area contributed by atoms with E-state index in [2.05, 4.69) is 9.57 Å². The van der Waals surface area contributed by atoms with Gasteiger partial charge in [-0.1, -0.05) is 0 Å². The zero-order valence-electron chi connectivity index (χ0n) is 8.84. The highest BCUT2D eigenvalue weighted by Crippen LogP contribution is 2.00. The number of carbonyl (C=O) groups is 2. The van der Waals surface area contributed by atoms with Crippen LogP contribution in [0.1, 0.15) is 6.92 Å². The van der Waals surface area contributed by atoms with Crippen LogP contribution >= 0.6 is 0 Å². The Labute approximate surface area is 87.1 Å². The average Bonchev–Trinajstić information content (AvgIpc) is 2.14. The number of hydrogen-bond acceptors (Lipinski definition) is 7. The lowest BCUT2D eigenvalue weighted by molar-refractivity contribution is -0.197. The smallest absolute Gasteiger partial charge is 0.357 e. The summed E-state index contributed by atoms with van der Waals surface area (Å²) in [5.74, 6) is -2.19. The van der Waals surface area contributed by atoms with Gasteiger partial charge in [0.2, 0.25) is 0 Å². The summed E-state index contributed by atoms with van der Waals surface area (Å²) in [6, 6.07) is 0. The molecule has 88 valence electrons. The Bertz CT molecular complexity index is 229. The van der Waals surface area contributed by atoms with Gasteiger partial charge >= 0.3 is 11.9 Å². The minimum absolute atomic E-state index is 0.0470. The molecule has 2 atom stereocenters. The molecule has 15 heavy (non-hydrogen) atoms. The molecule has 7 nitrogen and oxygen atoms in total. The monoisotopic (exact) mass is 221 g/mol. The third kappa shape index (κ3) is 4.73. The summed E-state index contributed by atoms with van der Waals surface area (Å²) in [4.78, 5) is 26.4. The molecule has 2 unspecified atom stereocenters. The number of esters is 1. The van der Waals surface area contributed by atoms with Crippen molar-refractivity contribution in [2.24, 2.45) is 0 Å². The lowest BCUT2D eigenvalue weighted by atomic mass is 10.2. The zero-order chi connectivity index (χ0) is 12.0. The Morgan fingerprint density at radius 1 is 1.20 bits per heavy atom. The highest BCUT2D eigenvalue weighted by atomic mass is 16.7. The molecule has 0 heterocycles. The summed E-state index contributed by atoms with van der Waals surface area (Å²) in [6.45, 7) is 1.58. The standard InChI is InChI=1S/C8H15NO6/c1-4-14-7(12)5(10)6(11)8(13)15-9(2)3/h5-6,10-11H,4H2,1-3H3. The van der Waals surface area contributed by atoms with Crippen molar-refractivity contribution in [1.29, 1.82) is 0 Å². The van der Waals surface area contributed by atoms with Gasteiger partial charge in [0, 0.05) is 14.1 Å². The fourth-order valence-electron chi connectivity index (χ4n) is 0.719. The number of ether oxygens (including phenoxy) is 1. The van der Waals surface area contributed by atoms with Crippen molar-refractivity contribution in [3.05, 3.63) is 0 Å². The Kier molecular flexibility index (Phi) is 5.83. The molecule has 0 saturated carbocycles. The van der Waals surface area contributed by atoms with Crippen LogP contribution in [0, 0.1) is 0 Å². The zero-order valence-corrected chi connectivity index (χ0v) is 8.84. The molecule has 0 aromatic heterocycles. The maximum absolute atomic E-state index is 11.0. The second kappa shape index (κ2) is 6.33. The molecule has 0 aliphatic rings. The van der Waals surface area contributed by atoms with Crippen LogP contribution in [-0.2, 0) is 19.2 Å². The van der Waals surface area contributed by atoms with Gasteiger partial charge < -0.3 is 19.8 Å². The van der Waals surface area contributed by atoms with Gasteiger partial charge in [0.05, 0.1) is 6.61 Å². The van der Waals surface area contributed by atoms with Gasteiger partial charge in [-0.25, -0.2) is 9.59 Å². The minimum atomic E-state index is -1.95. The average molecular weight is 221 g/mol. The van der Waals surface area contributed by atoms with Crippen LogP contribution in [0.5, 0.6) is 0 Å². The van der Waals surface area contributed by atoms with Gasteiger partial charge in [-0.15, -0.1) is 5.06 Å². The molecular formula is C8H15NO6. The summed E-state index contributed by atoms with van der Waals surface area (Å²) in [5.41, 5.74) is 0. The molecule has 0 spiro atoms. The number of aliphatic hydroxyl groups is 2. The van der Waals surface area contributed by atoms with E-state index in [1.54, 1.807) is 0 Å². The summed E-state index contributed by atoms with van der Waals surface area (Å²) < 4.78 is 4.41. The number of rotatable bonds is 5. The molecule has 0 radical (unpaired) electrons. The second-order valence-corrected chi connectivity index (χ2v) is 2.86. The summed E-state index contributed by atoms with van der Waals surface area (Å²) >= 11 is 0. The van der Waals surface area contributed by atoms with Gasteiger partial charge in [-0.05, 0) is 6.92 Å². The van der Waals surface area contributed by atoms with E-state index in [4.69, 9.17) is 5.11 Å². The third-order valence-corrected chi connectivity index (χ3v) is 1.34. The predicted octanol–water partition coefficient (Wildman–Crippen LogP) is -1.71. The Balaban J connectivity index is 4.24. The SMILES string of the molecule is CCOC(=O)C(O)C(O)C(=O)ON(C)C. The van der Waals surface area contributed by atoms with Gasteiger partial charge in [-0.2, -0.15) is 0 Å². The molecule has 0 aromatic carbocycles. The molecule has 0 bridgehead atoms. The topological polar surface area (TPSA) is 96.3 Å². The fourth-order valence-corrected chi connectivity index (χ4v) is 0.719. The number of aliphatic hydroxyl groups excluding tert-OH is 2.